The third-order valence-corrected chi connectivity index (χ3v) is 4.20. The van der Waals surface area contributed by atoms with Crippen LogP contribution in [0.15, 0.2) is 0 Å². The van der Waals surface area contributed by atoms with Gasteiger partial charge in [0.1, 0.15) is 0 Å². The lowest BCUT2D eigenvalue weighted by atomic mass is 10.2. The highest BCUT2D eigenvalue weighted by molar-refractivity contribution is 5.35. The zero-order valence-electron chi connectivity index (χ0n) is 11.5. The molecule has 1 aromatic heterocycles. The first kappa shape index (κ1) is 12.7. The topological polar surface area (TPSA) is 17.4 Å². The maximum atomic E-state index is 5.37. The molecule has 0 aromatic carbocycles. The maximum Gasteiger partial charge on any atom is 0.0594 e. The molecule has 0 saturated carbocycles. The molecule has 0 spiro atoms. The van der Waals surface area contributed by atoms with E-state index in [2.05, 4.69) is 37.2 Å². The summed E-state index contributed by atoms with van der Waals surface area (Å²) < 4.78 is 7.83. The number of nitrogens with zero attached hydrogens (tertiary/aromatic N) is 2. The molecule has 1 saturated heterocycles. The van der Waals surface area contributed by atoms with Crippen LogP contribution in [0.5, 0.6) is 0 Å². The van der Waals surface area contributed by atoms with Crippen LogP contribution < -0.4 is 0 Å². The van der Waals surface area contributed by atoms with Crippen LogP contribution in [0.2, 0.25) is 0 Å². The van der Waals surface area contributed by atoms with Gasteiger partial charge in [0.15, 0.2) is 0 Å². The van der Waals surface area contributed by atoms with Crippen molar-refractivity contribution in [2.45, 2.75) is 34.2 Å². The lowest BCUT2D eigenvalue weighted by molar-refractivity contribution is 0.0363. The summed E-state index contributed by atoms with van der Waals surface area (Å²) in [7, 11) is 0. The normalized spacial score (nSPS) is 17.6. The number of rotatable bonds is 3. The lowest BCUT2D eigenvalue weighted by Crippen LogP contribution is -2.38. The van der Waals surface area contributed by atoms with Gasteiger partial charge in [-0.15, -0.1) is 0 Å². The van der Waals surface area contributed by atoms with Crippen molar-refractivity contribution >= 4 is 0 Å². The van der Waals surface area contributed by atoms with Crippen molar-refractivity contribution < 1.29 is 4.74 Å². The number of ether oxygens (including phenoxy) is 1. The molecule has 3 heteroatoms. The highest BCUT2D eigenvalue weighted by atomic mass is 16.5. The van der Waals surface area contributed by atoms with Crippen molar-refractivity contribution in [3.8, 4) is 0 Å². The Bertz CT molecular complexity index is 364. The Morgan fingerprint density at radius 1 is 0.882 bits per heavy atom. The standard InChI is InChI=1S/C14H24N2O/c1-11-12(2)14(4)16(13(11)3)6-5-15-7-9-17-10-8-15/h5-10H2,1-4H3. The Balaban J connectivity index is 2.01. The van der Waals surface area contributed by atoms with E-state index in [0.29, 0.717) is 0 Å². The van der Waals surface area contributed by atoms with Gasteiger partial charge in [0, 0.05) is 37.6 Å². The van der Waals surface area contributed by atoms with Crippen molar-refractivity contribution in [3.63, 3.8) is 0 Å². The number of aromatic nitrogens is 1. The van der Waals surface area contributed by atoms with Gasteiger partial charge in [0.2, 0.25) is 0 Å². The van der Waals surface area contributed by atoms with Crippen LogP contribution in [0.25, 0.3) is 0 Å². The summed E-state index contributed by atoms with van der Waals surface area (Å²) in [5, 5.41) is 0. The van der Waals surface area contributed by atoms with E-state index in [1.165, 1.54) is 22.5 Å². The van der Waals surface area contributed by atoms with Crippen LogP contribution >= 0.6 is 0 Å². The van der Waals surface area contributed by atoms with Crippen molar-refractivity contribution in [1.29, 1.82) is 0 Å². The summed E-state index contributed by atoms with van der Waals surface area (Å²) in [6.07, 6.45) is 0. The first-order valence-electron chi connectivity index (χ1n) is 6.54. The second-order valence-electron chi connectivity index (χ2n) is 5.03. The van der Waals surface area contributed by atoms with Crippen LogP contribution in [0, 0.1) is 27.7 Å². The van der Waals surface area contributed by atoms with E-state index in [1.807, 2.05) is 0 Å². The van der Waals surface area contributed by atoms with Gasteiger partial charge >= 0.3 is 0 Å². The summed E-state index contributed by atoms with van der Waals surface area (Å²) in [6, 6.07) is 0. The minimum Gasteiger partial charge on any atom is -0.379 e. The summed E-state index contributed by atoms with van der Waals surface area (Å²) in [5.74, 6) is 0. The number of hydrogen-bond donors (Lipinski definition) is 0. The molecule has 2 heterocycles. The third kappa shape index (κ3) is 2.55. The summed E-state index contributed by atoms with van der Waals surface area (Å²) in [5.41, 5.74) is 5.75. The third-order valence-electron chi connectivity index (χ3n) is 4.20. The van der Waals surface area contributed by atoms with Crippen LogP contribution in [-0.2, 0) is 11.3 Å². The van der Waals surface area contributed by atoms with E-state index in [-0.39, 0.29) is 0 Å². The van der Waals surface area contributed by atoms with Gasteiger partial charge in [-0.05, 0) is 38.8 Å². The molecule has 2 rings (SSSR count). The molecule has 0 aliphatic carbocycles. The van der Waals surface area contributed by atoms with Crippen molar-refractivity contribution in [3.05, 3.63) is 22.5 Å². The fraction of sp³-hybridized carbons (Fsp3) is 0.714. The lowest BCUT2D eigenvalue weighted by Gasteiger charge is -2.27. The average molecular weight is 236 g/mol. The first-order chi connectivity index (χ1) is 8.11. The van der Waals surface area contributed by atoms with Gasteiger partial charge in [-0.1, -0.05) is 0 Å². The van der Waals surface area contributed by atoms with Gasteiger partial charge in [0.25, 0.3) is 0 Å². The monoisotopic (exact) mass is 236 g/mol. The zero-order chi connectivity index (χ0) is 12.4. The predicted octanol–water partition coefficient (Wildman–Crippen LogP) is 2.05. The van der Waals surface area contributed by atoms with E-state index in [0.717, 1.165) is 39.4 Å². The predicted molar refractivity (Wildman–Crippen MR) is 70.6 cm³/mol. The van der Waals surface area contributed by atoms with Crippen molar-refractivity contribution in [1.82, 2.24) is 9.47 Å². The molecule has 1 aliphatic rings. The van der Waals surface area contributed by atoms with Crippen LogP contribution in [0.3, 0.4) is 0 Å². The molecule has 0 amide bonds. The molecule has 0 N–H and O–H groups in total. The average Bonchev–Trinajstić information content (AvgIpc) is 2.54. The Hall–Kier alpha value is -0.800. The minimum absolute atomic E-state index is 0.891. The van der Waals surface area contributed by atoms with Crippen LogP contribution in [0.1, 0.15) is 22.5 Å². The fourth-order valence-electron chi connectivity index (χ4n) is 2.60. The SMILES string of the molecule is Cc1c(C)c(C)n(CCN2CCOCC2)c1C. The molecular formula is C14H24N2O. The van der Waals surface area contributed by atoms with E-state index >= 15 is 0 Å². The molecule has 3 nitrogen and oxygen atoms in total. The second-order valence-corrected chi connectivity index (χ2v) is 5.03. The number of morpholine rings is 1. The highest BCUT2D eigenvalue weighted by Gasteiger charge is 2.13. The number of hydrogen-bond acceptors (Lipinski definition) is 2. The van der Waals surface area contributed by atoms with Crippen LogP contribution in [0.4, 0.5) is 0 Å². The molecule has 17 heavy (non-hydrogen) atoms. The molecule has 1 fully saturated rings. The Morgan fingerprint density at radius 2 is 1.41 bits per heavy atom. The van der Waals surface area contributed by atoms with Gasteiger partial charge in [-0.25, -0.2) is 0 Å². The zero-order valence-corrected chi connectivity index (χ0v) is 11.5. The molecular weight excluding hydrogens is 212 g/mol. The van der Waals surface area contributed by atoms with Crippen LogP contribution in [-0.4, -0.2) is 42.3 Å². The second kappa shape index (κ2) is 5.23. The summed E-state index contributed by atoms with van der Waals surface area (Å²) >= 11 is 0. The minimum atomic E-state index is 0.891. The van der Waals surface area contributed by atoms with Gasteiger partial charge in [-0.3, -0.25) is 4.90 Å². The van der Waals surface area contributed by atoms with Gasteiger partial charge in [-0.2, -0.15) is 0 Å². The van der Waals surface area contributed by atoms with Gasteiger partial charge < -0.3 is 9.30 Å². The van der Waals surface area contributed by atoms with Crippen molar-refractivity contribution in [2.75, 3.05) is 32.8 Å². The molecule has 0 bridgehead atoms. The highest BCUT2D eigenvalue weighted by Crippen LogP contribution is 2.20. The molecule has 1 aromatic rings. The van der Waals surface area contributed by atoms with E-state index in [9.17, 15) is 0 Å². The Labute approximate surface area is 104 Å². The Morgan fingerprint density at radius 3 is 1.94 bits per heavy atom. The summed E-state index contributed by atoms with van der Waals surface area (Å²) in [6.45, 7) is 15.1. The summed E-state index contributed by atoms with van der Waals surface area (Å²) in [4.78, 5) is 2.49. The molecule has 96 valence electrons. The quantitative estimate of drug-likeness (QED) is 0.799. The molecule has 0 atom stereocenters. The first-order valence-corrected chi connectivity index (χ1v) is 6.54. The van der Waals surface area contributed by atoms with E-state index in [4.69, 9.17) is 4.74 Å². The Kier molecular flexibility index (Phi) is 3.89. The molecule has 0 unspecified atom stereocenters. The fourth-order valence-corrected chi connectivity index (χ4v) is 2.60. The maximum absolute atomic E-state index is 5.37. The smallest absolute Gasteiger partial charge is 0.0594 e. The van der Waals surface area contributed by atoms with Gasteiger partial charge in [0.05, 0.1) is 13.2 Å². The molecule has 0 radical (unpaired) electrons. The largest absolute Gasteiger partial charge is 0.379 e. The van der Waals surface area contributed by atoms with Crippen molar-refractivity contribution in [2.24, 2.45) is 0 Å². The van der Waals surface area contributed by atoms with E-state index in [1.54, 1.807) is 0 Å². The van der Waals surface area contributed by atoms with E-state index < -0.39 is 0 Å². The molecule has 1 aliphatic heterocycles.